The van der Waals surface area contributed by atoms with E-state index < -0.39 is 4.92 Å². The molecule has 0 spiro atoms. The first-order chi connectivity index (χ1) is 10.1. The molecule has 7 nitrogen and oxygen atoms in total. The molecule has 2 heterocycles. The van der Waals surface area contributed by atoms with Gasteiger partial charge in [0.25, 0.3) is 5.69 Å². The molecule has 0 atom stereocenters. The van der Waals surface area contributed by atoms with Gasteiger partial charge in [-0.25, -0.2) is 4.98 Å². The Labute approximate surface area is 119 Å². The molecule has 0 fully saturated rings. The van der Waals surface area contributed by atoms with E-state index >= 15 is 0 Å². The fraction of sp³-hybridized carbons (Fsp3) is 0.143. The molecule has 3 aromatic rings. The zero-order valence-electron chi connectivity index (χ0n) is 11.2. The van der Waals surface area contributed by atoms with Crippen LogP contribution in [0, 0.1) is 17.0 Å². The highest BCUT2D eigenvalue weighted by Gasteiger charge is 2.14. The van der Waals surface area contributed by atoms with E-state index in [1.165, 1.54) is 12.3 Å². The summed E-state index contributed by atoms with van der Waals surface area (Å²) in [5, 5.41) is 15.4. The van der Waals surface area contributed by atoms with Crippen molar-refractivity contribution in [2.75, 3.05) is 5.32 Å². The van der Waals surface area contributed by atoms with Gasteiger partial charge in [0, 0.05) is 29.5 Å². The second kappa shape index (κ2) is 5.20. The zero-order chi connectivity index (χ0) is 14.8. The van der Waals surface area contributed by atoms with Gasteiger partial charge in [-0.05, 0) is 19.1 Å². The van der Waals surface area contributed by atoms with Gasteiger partial charge < -0.3 is 9.73 Å². The number of aryl methyl sites for hydroxylation is 1. The van der Waals surface area contributed by atoms with Crippen LogP contribution in [0.25, 0.3) is 10.8 Å². The fourth-order valence-corrected chi connectivity index (χ4v) is 2.14. The van der Waals surface area contributed by atoms with Crippen molar-refractivity contribution in [3.05, 3.63) is 58.6 Å². The highest BCUT2D eigenvalue weighted by molar-refractivity contribution is 5.99. The number of benzene rings is 1. The molecule has 0 amide bonds. The lowest BCUT2D eigenvalue weighted by Gasteiger charge is -2.08. The first-order valence-electron chi connectivity index (χ1n) is 6.31. The second-order valence-electron chi connectivity index (χ2n) is 4.53. The van der Waals surface area contributed by atoms with E-state index in [9.17, 15) is 10.1 Å². The highest BCUT2D eigenvalue weighted by Crippen LogP contribution is 2.30. The largest absolute Gasteiger partial charge is 0.444 e. The number of hydrogen-bond donors (Lipinski definition) is 1. The van der Waals surface area contributed by atoms with Crippen LogP contribution in [0.2, 0.25) is 0 Å². The van der Waals surface area contributed by atoms with Crippen LogP contribution in [0.5, 0.6) is 0 Å². The molecule has 1 aromatic carbocycles. The number of nitrogens with one attached hydrogen (secondary N) is 1. The van der Waals surface area contributed by atoms with Gasteiger partial charge in [-0.1, -0.05) is 0 Å². The van der Waals surface area contributed by atoms with Crippen LogP contribution in [0.1, 0.15) is 11.7 Å². The van der Waals surface area contributed by atoms with E-state index in [2.05, 4.69) is 15.3 Å². The molecule has 0 aliphatic carbocycles. The molecule has 106 valence electrons. The average molecular weight is 284 g/mol. The van der Waals surface area contributed by atoms with E-state index in [4.69, 9.17) is 4.42 Å². The number of rotatable bonds is 4. The SMILES string of the molecule is Cc1cnc(CNc2ccc([N+](=O)[O-])c3ccncc23)o1. The van der Waals surface area contributed by atoms with Crippen molar-refractivity contribution in [3.8, 4) is 0 Å². The lowest BCUT2D eigenvalue weighted by atomic mass is 10.1. The van der Waals surface area contributed by atoms with Crippen molar-refractivity contribution >= 4 is 22.1 Å². The maximum atomic E-state index is 11.0. The van der Waals surface area contributed by atoms with Gasteiger partial charge in [0.15, 0.2) is 0 Å². The van der Waals surface area contributed by atoms with Gasteiger partial charge >= 0.3 is 0 Å². The van der Waals surface area contributed by atoms with E-state index in [1.807, 2.05) is 6.92 Å². The number of non-ortho nitro benzene ring substituents is 1. The molecule has 0 saturated carbocycles. The molecular formula is C14H12N4O3. The van der Waals surface area contributed by atoms with Crippen LogP contribution in [0.15, 0.2) is 41.2 Å². The molecule has 2 aromatic heterocycles. The molecule has 0 bridgehead atoms. The number of aromatic nitrogens is 2. The van der Waals surface area contributed by atoms with E-state index in [1.54, 1.807) is 24.5 Å². The number of nitro benzene ring substituents is 1. The Morgan fingerprint density at radius 3 is 2.86 bits per heavy atom. The summed E-state index contributed by atoms with van der Waals surface area (Å²) in [6.45, 7) is 2.22. The summed E-state index contributed by atoms with van der Waals surface area (Å²) in [6, 6.07) is 4.78. The Morgan fingerprint density at radius 2 is 2.14 bits per heavy atom. The van der Waals surface area contributed by atoms with E-state index in [0.29, 0.717) is 23.2 Å². The number of nitro groups is 1. The standard InChI is InChI=1S/C14H12N4O3/c1-9-6-17-14(21-9)8-16-12-2-3-13(18(19)20)10-4-5-15-7-11(10)12/h2-7,16H,8H2,1H3. The number of oxazole rings is 1. The third-order valence-electron chi connectivity index (χ3n) is 3.09. The van der Waals surface area contributed by atoms with Gasteiger partial charge in [-0.15, -0.1) is 0 Å². The van der Waals surface area contributed by atoms with Gasteiger partial charge in [0.05, 0.1) is 23.1 Å². The number of fused-ring (bicyclic) bond motifs is 1. The molecule has 0 saturated heterocycles. The summed E-state index contributed by atoms with van der Waals surface area (Å²) in [5.41, 5.74) is 0.810. The summed E-state index contributed by atoms with van der Waals surface area (Å²) in [7, 11) is 0. The van der Waals surface area contributed by atoms with Crippen molar-refractivity contribution in [1.82, 2.24) is 9.97 Å². The quantitative estimate of drug-likeness (QED) is 0.584. The predicted molar refractivity (Wildman–Crippen MR) is 77.0 cm³/mol. The van der Waals surface area contributed by atoms with Crippen molar-refractivity contribution < 1.29 is 9.34 Å². The number of pyridine rings is 1. The minimum absolute atomic E-state index is 0.0601. The maximum Gasteiger partial charge on any atom is 0.277 e. The molecule has 0 radical (unpaired) electrons. The van der Waals surface area contributed by atoms with Crippen LogP contribution < -0.4 is 5.32 Å². The Morgan fingerprint density at radius 1 is 1.29 bits per heavy atom. The highest BCUT2D eigenvalue weighted by atomic mass is 16.6. The minimum atomic E-state index is -0.399. The lowest BCUT2D eigenvalue weighted by Crippen LogP contribution is -2.01. The summed E-state index contributed by atoms with van der Waals surface area (Å²) < 4.78 is 5.38. The van der Waals surface area contributed by atoms with Crippen molar-refractivity contribution in [2.24, 2.45) is 0 Å². The zero-order valence-corrected chi connectivity index (χ0v) is 11.2. The van der Waals surface area contributed by atoms with Crippen LogP contribution in [0.4, 0.5) is 11.4 Å². The molecule has 7 heteroatoms. The van der Waals surface area contributed by atoms with Gasteiger partial charge in [-0.2, -0.15) is 0 Å². The number of nitrogens with zero attached hydrogens (tertiary/aromatic N) is 3. The van der Waals surface area contributed by atoms with Crippen LogP contribution in [-0.4, -0.2) is 14.9 Å². The van der Waals surface area contributed by atoms with Crippen LogP contribution in [0.3, 0.4) is 0 Å². The predicted octanol–water partition coefficient (Wildman–Crippen LogP) is 3.05. The molecule has 1 N–H and O–H groups in total. The second-order valence-corrected chi connectivity index (χ2v) is 4.53. The monoisotopic (exact) mass is 284 g/mol. The van der Waals surface area contributed by atoms with Crippen LogP contribution >= 0.6 is 0 Å². The number of hydrogen-bond acceptors (Lipinski definition) is 6. The first-order valence-corrected chi connectivity index (χ1v) is 6.31. The molecule has 3 rings (SSSR count). The first kappa shape index (κ1) is 13.0. The normalized spacial score (nSPS) is 10.7. The Kier molecular flexibility index (Phi) is 3.23. The summed E-state index contributed by atoms with van der Waals surface area (Å²) in [6.07, 6.45) is 4.79. The Bertz CT molecular complexity index is 813. The Hall–Kier alpha value is -2.96. The van der Waals surface area contributed by atoms with E-state index in [0.717, 1.165) is 11.4 Å². The summed E-state index contributed by atoms with van der Waals surface area (Å²) >= 11 is 0. The van der Waals surface area contributed by atoms with Crippen molar-refractivity contribution in [1.29, 1.82) is 0 Å². The lowest BCUT2D eigenvalue weighted by molar-refractivity contribution is -0.383. The van der Waals surface area contributed by atoms with Crippen molar-refractivity contribution in [3.63, 3.8) is 0 Å². The molecule has 0 aliphatic heterocycles. The topological polar surface area (TPSA) is 94.1 Å². The Balaban J connectivity index is 1.96. The van der Waals surface area contributed by atoms with Gasteiger partial charge in [0.2, 0.25) is 5.89 Å². The minimum Gasteiger partial charge on any atom is -0.444 e. The summed E-state index contributed by atoms with van der Waals surface area (Å²) in [5.74, 6) is 1.30. The van der Waals surface area contributed by atoms with Gasteiger partial charge in [0.1, 0.15) is 5.76 Å². The molecule has 21 heavy (non-hydrogen) atoms. The van der Waals surface area contributed by atoms with Crippen molar-refractivity contribution in [2.45, 2.75) is 13.5 Å². The van der Waals surface area contributed by atoms with E-state index in [-0.39, 0.29) is 5.69 Å². The maximum absolute atomic E-state index is 11.0. The average Bonchev–Trinajstić information content (AvgIpc) is 2.90. The third kappa shape index (κ3) is 2.53. The van der Waals surface area contributed by atoms with Gasteiger partial charge in [-0.3, -0.25) is 15.1 Å². The smallest absolute Gasteiger partial charge is 0.277 e. The molecular weight excluding hydrogens is 272 g/mol. The molecule has 0 unspecified atom stereocenters. The number of anilines is 1. The fourth-order valence-electron chi connectivity index (χ4n) is 2.14. The third-order valence-corrected chi connectivity index (χ3v) is 3.09. The summed E-state index contributed by atoms with van der Waals surface area (Å²) in [4.78, 5) is 18.8. The molecule has 0 aliphatic rings. The van der Waals surface area contributed by atoms with Crippen LogP contribution in [-0.2, 0) is 6.54 Å².